The van der Waals surface area contributed by atoms with Crippen LogP contribution >= 0.6 is 35.2 Å². The molecule has 168 valence electrons. The Bertz CT molecular complexity index is 295. The molecule has 0 heterocycles. The Morgan fingerprint density at radius 1 is 0.556 bits per heavy atom. The van der Waals surface area contributed by atoms with Crippen molar-refractivity contribution < 1.29 is 15.1 Å². The van der Waals surface area contributed by atoms with Crippen molar-refractivity contribution >= 4 is 35.2 Å². The van der Waals surface area contributed by atoms with Crippen molar-refractivity contribution in [2.75, 3.05) is 25.4 Å². The van der Waals surface area contributed by atoms with Gasteiger partial charge in [0.05, 0.1) is 0 Å². The van der Waals surface area contributed by atoms with E-state index in [2.05, 4.69) is 83.1 Å². The molecule has 0 saturated heterocycles. The number of hydrogen-bond acceptors (Lipinski definition) is 2. The fourth-order valence-electron chi connectivity index (χ4n) is 3.61. The third-order valence-corrected chi connectivity index (χ3v) is 11.8. The van der Waals surface area contributed by atoms with Gasteiger partial charge in [-0.15, -0.1) is 0 Å². The van der Waals surface area contributed by atoms with Gasteiger partial charge in [0, 0.05) is 0 Å². The van der Waals surface area contributed by atoms with E-state index >= 15 is 0 Å². The number of nitrogens with two attached hydrogens (primary N) is 2. The average molecular weight is 551 g/mol. The first kappa shape index (κ1) is 33.6. The van der Waals surface area contributed by atoms with E-state index in [1.54, 1.807) is 0 Å². The van der Waals surface area contributed by atoms with E-state index in [1.807, 2.05) is 0 Å². The molecule has 0 aromatic heterocycles. The minimum absolute atomic E-state index is 0.0322. The van der Waals surface area contributed by atoms with Crippen molar-refractivity contribution in [3.8, 4) is 0 Å². The number of rotatable bonds is 4. The Morgan fingerprint density at radius 2 is 0.704 bits per heavy atom. The molecule has 0 aromatic carbocycles. The Balaban J connectivity index is -0.000000372. The Morgan fingerprint density at radius 3 is 0.741 bits per heavy atom. The molecule has 0 aliphatic heterocycles. The third kappa shape index (κ3) is 18.5. The van der Waals surface area contributed by atoms with Crippen molar-refractivity contribution in [1.29, 1.82) is 0 Å². The van der Waals surface area contributed by atoms with Crippen molar-refractivity contribution in [3.63, 3.8) is 0 Å². The Labute approximate surface area is 190 Å². The van der Waals surface area contributed by atoms with Crippen LogP contribution in [0.1, 0.15) is 83.1 Å². The first-order chi connectivity index (χ1) is 11.8. The number of halogens is 2. The molecule has 0 saturated carbocycles. The molecular weight excluding hydrogens is 502 g/mol. The van der Waals surface area contributed by atoms with Crippen LogP contribution in [-0.2, 0) is 15.1 Å². The molecule has 0 fully saturated rings. The molecule has 2 nitrogen and oxygen atoms in total. The maximum atomic E-state index is 5.64. The molecule has 0 aromatic rings. The fourth-order valence-corrected chi connectivity index (χ4v) is 10.8. The molecule has 0 amide bonds. The molecule has 0 unspecified atom stereocenters. The summed E-state index contributed by atoms with van der Waals surface area (Å²) in [6.07, 6.45) is 2.39. The van der Waals surface area contributed by atoms with Crippen LogP contribution in [0, 0.1) is 0 Å². The van der Waals surface area contributed by atoms with Gasteiger partial charge in [0.2, 0.25) is 0 Å². The predicted molar refractivity (Wildman–Crippen MR) is 132 cm³/mol. The van der Waals surface area contributed by atoms with E-state index in [0.717, 1.165) is 13.1 Å². The van der Waals surface area contributed by atoms with Crippen molar-refractivity contribution in [2.24, 2.45) is 11.5 Å². The second-order valence-corrected chi connectivity index (χ2v) is 21.2. The molecule has 0 aliphatic rings. The van der Waals surface area contributed by atoms with Crippen LogP contribution in [0.2, 0.25) is 0 Å². The van der Waals surface area contributed by atoms with Gasteiger partial charge in [-0.25, -0.2) is 0 Å². The Hall–Kier alpha value is 1.98. The third-order valence-electron chi connectivity index (χ3n) is 3.94. The van der Waals surface area contributed by atoms with Crippen molar-refractivity contribution in [3.05, 3.63) is 0 Å². The van der Waals surface area contributed by atoms with Crippen LogP contribution in [0.15, 0.2) is 0 Å². The topological polar surface area (TPSA) is 52.0 Å². The predicted octanol–water partition coefficient (Wildman–Crippen LogP) is 7.42. The minimum atomic E-state index is -0.346. The van der Waals surface area contributed by atoms with Gasteiger partial charge < -0.3 is 11.5 Å². The molecule has 4 N–H and O–H groups in total. The van der Waals surface area contributed by atoms with E-state index in [4.69, 9.17) is 30.8 Å². The van der Waals surface area contributed by atoms with E-state index < -0.39 is 0 Å². The summed E-state index contributed by atoms with van der Waals surface area (Å²) in [4.78, 5) is 0. The molecule has 0 spiro atoms. The molecule has 0 rings (SSSR count). The zero-order valence-electron chi connectivity index (χ0n) is 20.0. The molecule has 27 heavy (non-hydrogen) atoms. The summed E-state index contributed by atoms with van der Waals surface area (Å²) in [5.41, 5.74) is 11.3. The molecule has 0 radical (unpaired) electrons. The summed E-state index contributed by atoms with van der Waals surface area (Å²) in [7, 11) is 9.77. The van der Waals surface area contributed by atoms with Gasteiger partial charge in [-0.05, 0) is 46.0 Å². The molecular formula is C20H48Cl2N2P2Ru+2. The van der Waals surface area contributed by atoms with Crippen LogP contribution in [-0.4, -0.2) is 46.0 Å². The monoisotopic (exact) mass is 550 g/mol. The zero-order chi connectivity index (χ0) is 22.7. The van der Waals surface area contributed by atoms with Crippen LogP contribution in [0.3, 0.4) is 0 Å². The summed E-state index contributed by atoms with van der Waals surface area (Å²) in [5.74, 6) is 0. The second-order valence-electron chi connectivity index (χ2n) is 10.6. The molecule has 0 aliphatic carbocycles. The first-order valence-electron chi connectivity index (χ1n) is 9.61. The Kier molecular flexibility index (Phi) is 18.5. The summed E-state index contributed by atoms with van der Waals surface area (Å²) in [6.45, 7) is 29.7. The van der Waals surface area contributed by atoms with Crippen LogP contribution in [0.5, 0.6) is 0 Å². The van der Waals surface area contributed by atoms with Crippen molar-refractivity contribution in [1.82, 2.24) is 0 Å². The van der Waals surface area contributed by atoms with Gasteiger partial charge in [-0.3, -0.25) is 0 Å². The SMILES string of the molecule is CC(C)(C)P(CCN)C(C)(C)C.CC(C)(C)P(CCN)C(C)(C)C.[Cl][Ru+2][Cl]. The van der Waals surface area contributed by atoms with Crippen molar-refractivity contribution in [2.45, 2.75) is 104 Å². The number of hydrogen-bond donors (Lipinski definition) is 2. The summed E-state index contributed by atoms with van der Waals surface area (Å²) in [5, 5.41) is 1.75. The van der Waals surface area contributed by atoms with Crippen LogP contribution < -0.4 is 11.5 Å². The average Bonchev–Trinajstić information content (AvgIpc) is 2.38. The van der Waals surface area contributed by atoms with Gasteiger partial charge in [0.25, 0.3) is 0 Å². The maximum absolute atomic E-state index is 5.64. The van der Waals surface area contributed by atoms with Crippen LogP contribution in [0.4, 0.5) is 0 Å². The van der Waals surface area contributed by atoms with E-state index in [9.17, 15) is 0 Å². The van der Waals surface area contributed by atoms with Gasteiger partial charge in [0.15, 0.2) is 0 Å². The quantitative estimate of drug-likeness (QED) is 0.283. The molecule has 7 heteroatoms. The second kappa shape index (κ2) is 14.9. The van der Waals surface area contributed by atoms with E-state index in [1.165, 1.54) is 12.3 Å². The summed E-state index contributed by atoms with van der Waals surface area (Å²) in [6, 6.07) is 0. The summed E-state index contributed by atoms with van der Waals surface area (Å²) < 4.78 is 0. The van der Waals surface area contributed by atoms with Gasteiger partial charge in [0.1, 0.15) is 0 Å². The van der Waals surface area contributed by atoms with Crippen LogP contribution in [0.25, 0.3) is 0 Å². The normalized spacial score (nSPS) is 13.1. The summed E-state index contributed by atoms with van der Waals surface area (Å²) >= 11 is -0.346. The van der Waals surface area contributed by atoms with Gasteiger partial charge in [-0.1, -0.05) is 98.9 Å². The molecule has 0 atom stereocenters. The first-order valence-corrected chi connectivity index (χ1v) is 17.1. The standard InChI is InChI=1S/2C10H24NP.2ClH.Ru/c2*1-9(2,3)12(8-7-11)10(4,5)6;;;/h2*7-8,11H2,1-6H3;2*1H;/q;;;;+4/p-2. The van der Waals surface area contributed by atoms with Gasteiger partial charge >= 0.3 is 34.5 Å². The van der Waals surface area contributed by atoms with E-state index in [0.29, 0.717) is 20.6 Å². The molecule has 0 bridgehead atoms. The van der Waals surface area contributed by atoms with E-state index in [-0.39, 0.29) is 31.0 Å². The van der Waals surface area contributed by atoms with Gasteiger partial charge in [-0.2, -0.15) is 0 Å². The zero-order valence-corrected chi connectivity index (χ0v) is 25.0. The fraction of sp³-hybridized carbons (Fsp3) is 1.00.